The zero-order chi connectivity index (χ0) is 14.2. The number of imidazole rings is 1. The fourth-order valence-corrected chi connectivity index (χ4v) is 2.88. The summed E-state index contributed by atoms with van der Waals surface area (Å²) in [7, 11) is 0. The van der Waals surface area contributed by atoms with Crippen LogP contribution in [0.2, 0.25) is 0 Å². The number of pyridine rings is 1. The standard InChI is InChI=1S/C17H14N2O2/c20-17(13-5-7-14-9-18-11-19(14)10-13)21-16-8-6-12-3-1-2-4-15(12)16/h1-5,7,9-11,16H,6,8H2. The number of rotatable bonds is 2. The predicted octanol–water partition coefficient (Wildman–Crippen LogP) is 3.18. The van der Waals surface area contributed by atoms with Crippen molar-refractivity contribution in [3.8, 4) is 0 Å². The van der Waals surface area contributed by atoms with E-state index in [1.54, 1.807) is 24.8 Å². The maximum absolute atomic E-state index is 12.3. The fraction of sp³-hybridized carbons (Fsp3) is 0.176. The molecule has 1 aromatic carbocycles. The molecule has 0 aliphatic heterocycles. The largest absolute Gasteiger partial charge is 0.454 e. The van der Waals surface area contributed by atoms with Crippen LogP contribution in [-0.2, 0) is 11.2 Å². The molecule has 1 aliphatic rings. The van der Waals surface area contributed by atoms with Crippen molar-refractivity contribution in [1.29, 1.82) is 0 Å². The molecular weight excluding hydrogens is 264 g/mol. The quantitative estimate of drug-likeness (QED) is 0.676. The van der Waals surface area contributed by atoms with E-state index >= 15 is 0 Å². The Bertz CT molecular complexity index is 822. The number of carbonyl (C=O) groups excluding carboxylic acids is 1. The Labute approximate surface area is 122 Å². The Balaban J connectivity index is 1.58. The van der Waals surface area contributed by atoms with Crippen molar-refractivity contribution in [3.05, 3.63) is 71.8 Å². The van der Waals surface area contributed by atoms with Crippen LogP contribution in [0.25, 0.3) is 5.52 Å². The lowest BCUT2D eigenvalue weighted by atomic mass is 10.1. The Kier molecular flexibility index (Phi) is 2.74. The lowest BCUT2D eigenvalue weighted by Gasteiger charge is -2.13. The average molecular weight is 278 g/mol. The maximum Gasteiger partial charge on any atom is 0.340 e. The van der Waals surface area contributed by atoms with E-state index in [1.165, 1.54) is 5.56 Å². The Morgan fingerprint density at radius 1 is 1.24 bits per heavy atom. The first-order chi connectivity index (χ1) is 10.3. The molecule has 0 saturated heterocycles. The third-order valence-corrected chi connectivity index (χ3v) is 3.97. The van der Waals surface area contributed by atoms with Crippen LogP contribution >= 0.6 is 0 Å². The molecular formula is C17H14N2O2. The van der Waals surface area contributed by atoms with E-state index in [1.807, 2.05) is 28.7 Å². The van der Waals surface area contributed by atoms with Crippen molar-refractivity contribution < 1.29 is 9.53 Å². The minimum absolute atomic E-state index is 0.132. The van der Waals surface area contributed by atoms with Gasteiger partial charge in [0.15, 0.2) is 0 Å². The first kappa shape index (κ1) is 12.1. The third kappa shape index (κ3) is 2.09. The number of hydrogen-bond donors (Lipinski definition) is 0. The van der Waals surface area contributed by atoms with E-state index in [2.05, 4.69) is 11.1 Å². The summed E-state index contributed by atoms with van der Waals surface area (Å²) in [6.07, 6.45) is 6.88. The SMILES string of the molecule is O=C(OC1CCc2ccccc21)c1ccc2cncn2c1. The van der Waals surface area contributed by atoms with Gasteiger partial charge < -0.3 is 9.14 Å². The zero-order valence-corrected chi connectivity index (χ0v) is 11.4. The number of nitrogens with zero attached hydrogens (tertiary/aromatic N) is 2. The van der Waals surface area contributed by atoms with Crippen LogP contribution in [0.5, 0.6) is 0 Å². The molecule has 0 saturated carbocycles. The van der Waals surface area contributed by atoms with Gasteiger partial charge in [0.2, 0.25) is 0 Å². The molecule has 4 nitrogen and oxygen atoms in total. The summed E-state index contributed by atoms with van der Waals surface area (Å²) in [6.45, 7) is 0. The number of hydrogen-bond acceptors (Lipinski definition) is 3. The van der Waals surface area contributed by atoms with Gasteiger partial charge in [0.05, 0.1) is 23.6 Å². The number of ether oxygens (including phenoxy) is 1. The van der Waals surface area contributed by atoms with Crippen LogP contribution in [0.1, 0.15) is 34.0 Å². The van der Waals surface area contributed by atoms with Gasteiger partial charge in [-0.25, -0.2) is 9.78 Å². The van der Waals surface area contributed by atoms with Crippen molar-refractivity contribution in [1.82, 2.24) is 9.38 Å². The number of carbonyl (C=O) groups is 1. The molecule has 0 amide bonds. The van der Waals surface area contributed by atoms with Crippen LogP contribution in [-0.4, -0.2) is 15.4 Å². The van der Waals surface area contributed by atoms with E-state index < -0.39 is 0 Å². The maximum atomic E-state index is 12.3. The van der Waals surface area contributed by atoms with Crippen LogP contribution in [0.15, 0.2) is 55.1 Å². The summed E-state index contributed by atoms with van der Waals surface area (Å²) < 4.78 is 7.50. The minimum Gasteiger partial charge on any atom is -0.454 e. The van der Waals surface area contributed by atoms with Crippen molar-refractivity contribution in [2.24, 2.45) is 0 Å². The topological polar surface area (TPSA) is 43.6 Å². The molecule has 0 fully saturated rings. The van der Waals surface area contributed by atoms with Gasteiger partial charge in [-0.15, -0.1) is 0 Å². The van der Waals surface area contributed by atoms with Gasteiger partial charge in [-0.1, -0.05) is 24.3 Å². The van der Waals surface area contributed by atoms with Crippen molar-refractivity contribution in [3.63, 3.8) is 0 Å². The Hall–Kier alpha value is -2.62. The van der Waals surface area contributed by atoms with Gasteiger partial charge in [0, 0.05) is 6.20 Å². The molecule has 0 spiro atoms. The number of fused-ring (bicyclic) bond motifs is 2. The number of esters is 1. The molecule has 4 heteroatoms. The molecule has 0 bridgehead atoms. The summed E-state index contributed by atoms with van der Waals surface area (Å²) in [6, 6.07) is 11.8. The van der Waals surface area contributed by atoms with E-state index in [4.69, 9.17) is 4.74 Å². The van der Waals surface area contributed by atoms with Crippen molar-refractivity contribution in [2.75, 3.05) is 0 Å². The molecule has 1 unspecified atom stereocenters. The van der Waals surface area contributed by atoms with Crippen LogP contribution < -0.4 is 0 Å². The first-order valence-corrected chi connectivity index (χ1v) is 7.02. The second-order valence-corrected chi connectivity index (χ2v) is 5.27. The van der Waals surface area contributed by atoms with Crippen LogP contribution in [0.3, 0.4) is 0 Å². The molecule has 4 rings (SSSR count). The van der Waals surface area contributed by atoms with Gasteiger partial charge in [0.25, 0.3) is 0 Å². The zero-order valence-electron chi connectivity index (χ0n) is 11.4. The molecule has 21 heavy (non-hydrogen) atoms. The monoisotopic (exact) mass is 278 g/mol. The fourth-order valence-electron chi connectivity index (χ4n) is 2.88. The molecule has 3 aromatic rings. The van der Waals surface area contributed by atoms with Crippen LogP contribution in [0.4, 0.5) is 0 Å². The van der Waals surface area contributed by atoms with Crippen LogP contribution in [0, 0.1) is 0 Å². The second kappa shape index (κ2) is 4.74. The first-order valence-electron chi connectivity index (χ1n) is 7.02. The summed E-state index contributed by atoms with van der Waals surface area (Å²) >= 11 is 0. The lowest BCUT2D eigenvalue weighted by Crippen LogP contribution is -2.10. The molecule has 0 radical (unpaired) electrons. The summed E-state index contributed by atoms with van der Waals surface area (Å²) in [4.78, 5) is 16.4. The highest BCUT2D eigenvalue weighted by molar-refractivity contribution is 5.89. The van der Waals surface area contributed by atoms with Gasteiger partial charge in [-0.2, -0.15) is 0 Å². The van der Waals surface area contributed by atoms with Gasteiger partial charge in [0.1, 0.15) is 6.10 Å². The number of benzene rings is 1. The van der Waals surface area contributed by atoms with E-state index in [-0.39, 0.29) is 12.1 Å². The summed E-state index contributed by atoms with van der Waals surface area (Å²) in [5.74, 6) is -0.285. The molecule has 1 aliphatic carbocycles. The van der Waals surface area contributed by atoms with Gasteiger partial charge in [-0.3, -0.25) is 0 Å². The Morgan fingerprint density at radius 2 is 2.14 bits per heavy atom. The smallest absolute Gasteiger partial charge is 0.340 e. The normalized spacial score (nSPS) is 16.9. The van der Waals surface area contributed by atoms with Crippen molar-refractivity contribution >= 4 is 11.5 Å². The molecule has 0 N–H and O–H groups in total. The lowest BCUT2D eigenvalue weighted by molar-refractivity contribution is 0.0300. The van der Waals surface area contributed by atoms with E-state index in [0.717, 1.165) is 23.9 Å². The predicted molar refractivity (Wildman–Crippen MR) is 78.1 cm³/mol. The highest BCUT2D eigenvalue weighted by Gasteiger charge is 2.25. The highest BCUT2D eigenvalue weighted by Crippen LogP contribution is 2.34. The van der Waals surface area contributed by atoms with E-state index in [9.17, 15) is 4.79 Å². The minimum atomic E-state index is -0.285. The molecule has 104 valence electrons. The summed E-state index contributed by atoms with van der Waals surface area (Å²) in [5, 5.41) is 0. The summed E-state index contributed by atoms with van der Waals surface area (Å²) in [5.41, 5.74) is 3.91. The second-order valence-electron chi connectivity index (χ2n) is 5.27. The molecule has 2 heterocycles. The number of aryl methyl sites for hydroxylation is 1. The van der Waals surface area contributed by atoms with Crippen molar-refractivity contribution in [2.45, 2.75) is 18.9 Å². The average Bonchev–Trinajstić information content (AvgIpc) is 3.13. The Morgan fingerprint density at radius 3 is 3.10 bits per heavy atom. The highest BCUT2D eigenvalue weighted by atomic mass is 16.5. The third-order valence-electron chi connectivity index (χ3n) is 3.97. The van der Waals surface area contributed by atoms with Gasteiger partial charge >= 0.3 is 5.97 Å². The van der Waals surface area contributed by atoms with Gasteiger partial charge in [-0.05, 0) is 36.1 Å². The van der Waals surface area contributed by atoms with E-state index in [0.29, 0.717) is 5.56 Å². The molecule has 2 aromatic heterocycles. The molecule has 1 atom stereocenters. The number of aromatic nitrogens is 2.